The summed E-state index contributed by atoms with van der Waals surface area (Å²) in [6.45, 7) is 13.4. The van der Waals surface area contributed by atoms with Crippen LogP contribution >= 0.6 is 0 Å². The van der Waals surface area contributed by atoms with Gasteiger partial charge in [-0.3, -0.25) is 0 Å². The fraction of sp³-hybridized carbons (Fsp3) is 0.782. The topological polar surface area (TPSA) is 9.23 Å². The van der Waals surface area contributed by atoms with Crippen LogP contribution in [0.1, 0.15) is 237 Å². The molecular formula is C55H88F2O. The zero-order valence-corrected chi connectivity index (χ0v) is 38.5. The summed E-state index contributed by atoms with van der Waals surface area (Å²) in [6.07, 6.45) is 35.5. The monoisotopic (exact) mass is 803 g/mol. The number of rotatable bonds is 18. The van der Waals surface area contributed by atoms with Crippen molar-refractivity contribution in [3.63, 3.8) is 0 Å². The van der Waals surface area contributed by atoms with Gasteiger partial charge in [0.15, 0.2) is 17.4 Å². The van der Waals surface area contributed by atoms with Crippen LogP contribution in [0.3, 0.4) is 0 Å². The molecule has 2 aromatic carbocycles. The van der Waals surface area contributed by atoms with Crippen LogP contribution in [0, 0.1) is 53.1 Å². The summed E-state index contributed by atoms with van der Waals surface area (Å²) >= 11 is 0. The molecule has 0 N–H and O–H groups in total. The minimum absolute atomic E-state index is 0.162. The second-order valence-electron chi connectivity index (χ2n) is 20.4. The molecule has 0 amide bonds. The Balaban J connectivity index is 0.000000226. The molecule has 3 heteroatoms. The van der Waals surface area contributed by atoms with Crippen LogP contribution in [0.4, 0.5) is 8.78 Å². The first-order valence-corrected chi connectivity index (χ1v) is 25.4. The number of benzene rings is 2. The smallest absolute Gasteiger partial charge is 0.191 e. The van der Waals surface area contributed by atoms with E-state index in [9.17, 15) is 8.78 Å². The lowest BCUT2D eigenvalue weighted by atomic mass is 9.68. The molecule has 0 heterocycles. The highest BCUT2D eigenvalue weighted by Crippen LogP contribution is 2.46. The first-order chi connectivity index (χ1) is 28.2. The quantitative estimate of drug-likeness (QED) is 0.136. The van der Waals surface area contributed by atoms with Gasteiger partial charge in [-0.15, -0.1) is 0 Å². The fourth-order valence-electron chi connectivity index (χ4n) is 12.1. The molecule has 4 aliphatic carbocycles. The highest BCUT2D eigenvalue weighted by molar-refractivity contribution is 5.33. The van der Waals surface area contributed by atoms with E-state index in [0.29, 0.717) is 0 Å². The lowest BCUT2D eigenvalue weighted by Gasteiger charge is -2.38. The average molecular weight is 803 g/mol. The largest absolute Gasteiger partial charge is 0.485 e. The molecule has 328 valence electrons. The second-order valence-corrected chi connectivity index (χ2v) is 20.4. The summed E-state index contributed by atoms with van der Waals surface area (Å²) in [6, 6.07) is 12.8. The third-order valence-electron chi connectivity index (χ3n) is 16.1. The minimum atomic E-state index is -0.531. The Hall–Kier alpha value is -1.90. The lowest BCUT2D eigenvalue weighted by molar-refractivity contribution is 0.156. The van der Waals surface area contributed by atoms with Gasteiger partial charge in [-0.2, -0.15) is 0 Å². The van der Waals surface area contributed by atoms with Gasteiger partial charge in [0.25, 0.3) is 0 Å². The highest BCUT2D eigenvalue weighted by atomic mass is 19.1. The lowest BCUT2D eigenvalue weighted by Crippen LogP contribution is -2.25. The normalized spacial score (nSPS) is 28.9. The van der Waals surface area contributed by atoms with Crippen LogP contribution in [0.15, 0.2) is 36.4 Å². The number of hydrogen-bond acceptors (Lipinski definition) is 1. The molecule has 2 unspecified atom stereocenters. The van der Waals surface area contributed by atoms with E-state index < -0.39 is 11.6 Å². The van der Waals surface area contributed by atoms with Crippen LogP contribution in [-0.2, 0) is 6.42 Å². The van der Waals surface area contributed by atoms with Gasteiger partial charge in [0.2, 0.25) is 0 Å². The van der Waals surface area contributed by atoms with Crippen molar-refractivity contribution in [3.05, 3.63) is 64.7 Å². The minimum Gasteiger partial charge on any atom is -0.485 e. The zero-order valence-electron chi connectivity index (χ0n) is 38.5. The van der Waals surface area contributed by atoms with Crippen LogP contribution in [0.25, 0.3) is 0 Å². The molecule has 1 nitrogen and oxygen atoms in total. The average Bonchev–Trinajstić information content (AvgIpc) is 3.25. The Morgan fingerprint density at radius 2 is 0.983 bits per heavy atom. The number of halogens is 2. The SMILES string of the molecule is CCCC1CCC(C2CCC(c3ccc(CC(C)CC)cc3)CC2)CC1.CCCCCCC(C)Oc1c(F)cc(C2CCC(C3CCC(CCC)CC3)CC2)cc1F. The van der Waals surface area contributed by atoms with Crippen LogP contribution in [-0.4, -0.2) is 6.10 Å². The molecule has 4 fully saturated rings. The highest BCUT2D eigenvalue weighted by Gasteiger charge is 2.33. The molecule has 0 bridgehead atoms. The summed E-state index contributed by atoms with van der Waals surface area (Å²) in [4.78, 5) is 0. The molecular weight excluding hydrogens is 715 g/mol. The van der Waals surface area contributed by atoms with Gasteiger partial charge in [-0.25, -0.2) is 8.78 Å². The van der Waals surface area contributed by atoms with E-state index in [1.807, 2.05) is 6.92 Å². The van der Waals surface area contributed by atoms with E-state index in [2.05, 4.69) is 58.9 Å². The predicted molar refractivity (Wildman–Crippen MR) is 245 cm³/mol. The van der Waals surface area contributed by atoms with E-state index in [1.165, 1.54) is 147 Å². The van der Waals surface area contributed by atoms with Crippen LogP contribution in [0.2, 0.25) is 0 Å². The first-order valence-electron chi connectivity index (χ1n) is 25.4. The molecule has 2 aromatic rings. The fourth-order valence-corrected chi connectivity index (χ4v) is 12.1. The summed E-state index contributed by atoms with van der Waals surface area (Å²) in [5, 5.41) is 0. The molecule has 58 heavy (non-hydrogen) atoms. The summed E-state index contributed by atoms with van der Waals surface area (Å²) in [5.41, 5.74) is 3.97. The number of hydrogen-bond donors (Lipinski definition) is 0. The van der Waals surface area contributed by atoms with Crippen molar-refractivity contribution in [2.24, 2.45) is 41.4 Å². The van der Waals surface area contributed by atoms with E-state index in [-0.39, 0.29) is 17.8 Å². The van der Waals surface area contributed by atoms with Crippen molar-refractivity contribution in [2.75, 3.05) is 0 Å². The standard InChI is InChI=1S/C29H46F2O.C26H42/c1-4-6-7-8-10-21(3)32-29-27(30)19-26(20-28(29)31)25-17-15-24(16-18-25)23-13-11-22(9-5-2)12-14-23;1-4-6-21-7-11-23(12-8-21)25-15-17-26(18-16-25)24-13-9-22(10-14-24)19-20(3)5-2/h19-25H,4-18H2,1-3H3;9-10,13-14,20-21,23,25-26H,4-8,11-12,15-19H2,1-3H3. The van der Waals surface area contributed by atoms with E-state index in [4.69, 9.17) is 4.74 Å². The van der Waals surface area contributed by atoms with Gasteiger partial charge < -0.3 is 4.74 Å². The van der Waals surface area contributed by atoms with E-state index in [1.54, 1.807) is 17.7 Å². The van der Waals surface area contributed by atoms with Crippen molar-refractivity contribution in [2.45, 2.75) is 233 Å². The Bertz CT molecular complexity index is 1360. The van der Waals surface area contributed by atoms with Gasteiger partial charge in [0, 0.05) is 0 Å². The summed E-state index contributed by atoms with van der Waals surface area (Å²) in [5.74, 6) is 6.49. The maximum atomic E-state index is 14.8. The van der Waals surface area contributed by atoms with E-state index >= 15 is 0 Å². The first kappa shape index (κ1) is 47.2. The molecule has 0 aliphatic heterocycles. The second kappa shape index (κ2) is 25.1. The summed E-state index contributed by atoms with van der Waals surface area (Å²) < 4.78 is 35.2. The molecule has 0 aromatic heterocycles. The Morgan fingerprint density at radius 3 is 1.41 bits per heavy atom. The van der Waals surface area contributed by atoms with Gasteiger partial charge in [0.05, 0.1) is 6.10 Å². The predicted octanol–water partition coefficient (Wildman–Crippen LogP) is 17.7. The molecule has 0 radical (unpaired) electrons. The summed E-state index contributed by atoms with van der Waals surface area (Å²) in [7, 11) is 0. The van der Waals surface area contributed by atoms with Gasteiger partial charge in [-0.05, 0) is 185 Å². The van der Waals surface area contributed by atoms with Crippen molar-refractivity contribution in [1.29, 1.82) is 0 Å². The van der Waals surface area contributed by atoms with Crippen LogP contribution in [0.5, 0.6) is 5.75 Å². The van der Waals surface area contributed by atoms with E-state index in [0.717, 1.165) is 85.0 Å². The Morgan fingerprint density at radius 1 is 0.534 bits per heavy atom. The number of unbranched alkanes of at least 4 members (excludes halogenated alkanes) is 3. The third kappa shape index (κ3) is 14.6. The van der Waals surface area contributed by atoms with Crippen molar-refractivity contribution in [3.8, 4) is 5.75 Å². The Kier molecular flexibility index (Phi) is 20.4. The van der Waals surface area contributed by atoms with Gasteiger partial charge in [0.1, 0.15) is 0 Å². The molecule has 2 atom stereocenters. The molecule has 6 rings (SSSR count). The number of ether oxygens (including phenoxy) is 1. The van der Waals surface area contributed by atoms with Gasteiger partial charge >= 0.3 is 0 Å². The molecule has 4 aliphatic rings. The van der Waals surface area contributed by atoms with Crippen molar-refractivity contribution >= 4 is 0 Å². The van der Waals surface area contributed by atoms with Crippen molar-refractivity contribution < 1.29 is 13.5 Å². The van der Waals surface area contributed by atoms with Crippen LogP contribution < -0.4 is 4.74 Å². The molecule has 4 saturated carbocycles. The molecule has 0 saturated heterocycles. The van der Waals surface area contributed by atoms with Gasteiger partial charge in [-0.1, -0.05) is 136 Å². The zero-order chi connectivity index (χ0) is 41.3. The Labute approximate surface area is 357 Å². The maximum Gasteiger partial charge on any atom is 0.191 e. The molecule has 0 spiro atoms. The maximum absolute atomic E-state index is 14.8. The third-order valence-corrected chi connectivity index (χ3v) is 16.1. The van der Waals surface area contributed by atoms with Crippen molar-refractivity contribution in [1.82, 2.24) is 0 Å².